The van der Waals surface area contributed by atoms with Crippen LogP contribution in [-0.4, -0.2) is 57.8 Å². The molecule has 0 spiro atoms. The number of hydrogen-bond donors (Lipinski definition) is 2. The van der Waals surface area contributed by atoms with Crippen LogP contribution in [0.4, 0.5) is 0 Å². The lowest BCUT2D eigenvalue weighted by atomic mass is 9.86. The normalized spacial score (nSPS) is 24.2. The molecule has 0 saturated carbocycles. The van der Waals surface area contributed by atoms with Crippen molar-refractivity contribution in [3.05, 3.63) is 36.4 Å². The van der Waals surface area contributed by atoms with Crippen molar-refractivity contribution in [1.29, 1.82) is 0 Å². The quantitative estimate of drug-likeness (QED) is 0.796. The van der Waals surface area contributed by atoms with Gasteiger partial charge >= 0.3 is 18.0 Å². The van der Waals surface area contributed by atoms with Gasteiger partial charge < -0.3 is 19.4 Å². The zero-order valence-corrected chi connectivity index (χ0v) is 14.1. The van der Waals surface area contributed by atoms with Gasteiger partial charge in [-0.3, -0.25) is 4.90 Å². The monoisotopic (exact) mass is 360 g/mol. The molecule has 138 valence electrons. The van der Waals surface area contributed by atoms with Gasteiger partial charge in [0, 0.05) is 18.7 Å². The maximum atomic E-state index is 9.55. The summed E-state index contributed by atoms with van der Waals surface area (Å²) in [5.74, 6) is -1.84. The Bertz CT molecular complexity index is 758. The number of aromatic nitrogens is 1. The molecule has 3 saturated heterocycles. The molecule has 2 N–H and O–H groups in total. The van der Waals surface area contributed by atoms with Crippen LogP contribution < -0.4 is 4.74 Å². The topological polar surface area (TPSA) is 113 Å². The third-order valence-corrected chi connectivity index (χ3v) is 4.49. The van der Waals surface area contributed by atoms with E-state index < -0.39 is 11.9 Å². The summed E-state index contributed by atoms with van der Waals surface area (Å²) in [6, 6.07) is 7.78. The summed E-state index contributed by atoms with van der Waals surface area (Å²) >= 11 is 0. The van der Waals surface area contributed by atoms with Crippen LogP contribution >= 0.6 is 0 Å². The molecule has 1 aromatic carbocycles. The molecule has 2 aromatic rings. The van der Waals surface area contributed by atoms with E-state index >= 15 is 0 Å². The Morgan fingerprint density at radius 1 is 1.15 bits per heavy atom. The minimum absolute atomic E-state index is 0.251. The molecule has 5 rings (SSSR count). The number of carboxylic acids is 2. The molecule has 1 aromatic heterocycles. The van der Waals surface area contributed by atoms with Gasteiger partial charge in [0.15, 0.2) is 5.58 Å². The molecule has 0 amide bonds. The number of ether oxygens (including phenoxy) is 1. The Morgan fingerprint density at radius 3 is 2.35 bits per heavy atom. The third-order valence-electron chi connectivity index (χ3n) is 4.49. The molecule has 3 fully saturated rings. The van der Waals surface area contributed by atoms with Crippen LogP contribution in [0.2, 0.25) is 0 Å². The molecule has 2 bridgehead atoms. The van der Waals surface area contributed by atoms with Crippen LogP contribution in [0, 0.1) is 5.92 Å². The van der Waals surface area contributed by atoms with Crippen LogP contribution in [0.15, 0.2) is 40.8 Å². The second kappa shape index (κ2) is 8.01. The van der Waals surface area contributed by atoms with Crippen LogP contribution in [0.1, 0.15) is 12.8 Å². The molecule has 1 atom stereocenters. The molecular weight excluding hydrogens is 340 g/mol. The van der Waals surface area contributed by atoms with E-state index in [0.717, 1.165) is 17.6 Å². The second-order valence-corrected chi connectivity index (χ2v) is 6.25. The van der Waals surface area contributed by atoms with Gasteiger partial charge in [-0.25, -0.2) is 9.59 Å². The Labute approximate surface area is 149 Å². The minimum Gasteiger partial charge on any atom is -0.478 e. The number of fused-ring (bicyclic) bond motifs is 4. The number of carboxylic acid groups (broad SMARTS) is 2. The van der Waals surface area contributed by atoms with E-state index in [1.807, 2.05) is 24.3 Å². The molecule has 8 heteroatoms. The zero-order valence-electron chi connectivity index (χ0n) is 14.1. The van der Waals surface area contributed by atoms with Gasteiger partial charge in [0.2, 0.25) is 0 Å². The third kappa shape index (κ3) is 4.60. The van der Waals surface area contributed by atoms with Crippen LogP contribution in [-0.2, 0) is 9.59 Å². The lowest BCUT2D eigenvalue weighted by Gasteiger charge is -2.43. The number of para-hydroxylation sites is 2. The SMILES string of the molecule is O=C(O)/C=C/C(=O)O.c1ccc2oc(OC3CN4CCC3CC4)nc2c1. The minimum atomic E-state index is -1.26. The standard InChI is InChI=1S/C14H16N2O2.C4H4O4/c1-2-4-12-11(3-1)15-14(17-12)18-13-9-16-7-5-10(13)6-8-16;5-3(6)1-2-4(7)8/h1-4,10,13H,5-9H2;1-2H,(H,5,6)(H,7,8)/b;2-1+. The van der Waals surface area contributed by atoms with Gasteiger partial charge in [0.25, 0.3) is 0 Å². The summed E-state index contributed by atoms with van der Waals surface area (Å²) in [4.78, 5) is 26.0. The van der Waals surface area contributed by atoms with Gasteiger partial charge in [0.05, 0.1) is 0 Å². The lowest BCUT2D eigenvalue weighted by Crippen LogP contribution is -2.52. The van der Waals surface area contributed by atoms with Gasteiger partial charge in [-0.05, 0) is 44.0 Å². The summed E-state index contributed by atoms with van der Waals surface area (Å²) < 4.78 is 11.6. The maximum Gasteiger partial charge on any atom is 0.394 e. The van der Waals surface area contributed by atoms with Crippen molar-refractivity contribution in [3.8, 4) is 6.08 Å². The Hall–Kier alpha value is -2.87. The average molecular weight is 360 g/mol. The molecule has 26 heavy (non-hydrogen) atoms. The highest BCUT2D eigenvalue weighted by atomic mass is 16.6. The lowest BCUT2D eigenvalue weighted by molar-refractivity contribution is -0.134. The van der Waals surface area contributed by atoms with E-state index in [0.29, 0.717) is 24.1 Å². The first-order valence-corrected chi connectivity index (χ1v) is 8.40. The number of hydrogen-bond acceptors (Lipinski definition) is 6. The molecule has 0 aliphatic carbocycles. The van der Waals surface area contributed by atoms with Crippen molar-refractivity contribution >= 4 is 23.0 Å². The highest BCUT2D eigenvalue weighted by Crippen LogP contribution is 2.31. The Morgan fingerprint density at radius 2 is 1.81 bits per heavy atom. The van der Waals surface area contributed by atoms with Crippen molar-refractivity contribution in [1.82, 2.24) is 9.88 Å². The summed E-state index contributed by atoms with van der Waals surface area (Å²) in [5, 5.41) is 15.6. The van der Waals surface area contributed by atoms with Crippen molar-refractivity contribution < 1.29 is 29.0 Å². The maximum absolute atomic E-state index is 9.55. The van der Waals surface area contributed by atoms with Crippen LogP contribution in [0.25, 0.3) is 11.1 Å². The van der Waals surface area contributed by atoms with Crippen LogP contribution in [0.5, 0.6) is 6.08 Å². The largest absolute Gasteiger partial charge is 0.478 e. The molecular formula is C18H20N2O6. The van der Waals surface area contributed by atoms with E-state index in [1.54, 1.807) is 0 Å². The number of carbonyl (C=O) groups is 2. The number of benzene rings is 1. The van der Waals surface area contributed by atoms with Gasteiger partial charge in [-0.1, -0.05) is 12.1 Å². The Balaban J connectivity index is 0.000000211. The van der Waals surface area contributed by atoms with E-state index in [1.165, 1.54) is 25.9 Å². The number of piperidine rings is 3. The fraction of sp³-hybridized carbons (Fsp3) is 0.389. The molecule has 0 radical (unpaired) electrons. The fourth-order valence-corrected chi connectivity index (χ4v) is 3.22. The van der Waals surface area contributed by atoms with Gasteiger partial charge in [-0.2, -0.15) is 4.98 Å². The highest BCUT2D eigenvalue weighted by molar-refractivity contribution is 5.89. The smallest absolute Gasteiger partial charge is 0.394 e. The van der Waals surface area contributed by atoms with E-state index in [2.05, 4.69) is 9.88 Å². The van der Waals surface area contributed by atoms with Crippen molar-refractivity contribution in [2.45, 2.75) is 18.9 Å². The first kappa shape index (κ1) is 17.9. The number of rotatable bonds is 4. The number of nitrogens with zero attached hydrogens (tertiary/aromatic N) is 2. The molecule has 4 heterocycles. The summed E-state index contributed by atoms with van der Waals surface area (Å²) in [6.07, 6.45) is 4.27. The van der Waals surface area contributed by atoms with E-state index in [-0.39, 0.29) is 6.10 Å². The van der Waals surface area contributed by atoms with Crippen molar-refractivity contribution in [2.24, 2.45) is 5.92 Å². The van der Waals surface area contributed by atoms with E-state index in [9.17, 15) is 9.59 Å². The van der Waals surface area contributed by atoms with Crippen molar-refractivity contribution in [3.63, 3.8) is 0 Å². The summed E-state index contributed by atoms with van der Waals surface area (Å²) in [6.45, 7) is 3.46. The predicted octanol–water partition coefficient (Wildman–Crippen LogP) is 2.01. The number of oxazole rings is 1. The fourth-order valence-electron chi connectivity index (χ4n) is 3.22. The summed E-state index contributed by atoms with van der Waals surface area (Å²) in [5.41, 5.74) is 1.67. The molecule has 3 aliphatic heterocycles. The first-order chi connectivity index (χ1) is 12.5. The van der Waals surface area contributed by atoms with Gasteiger partial charge in [-0.15, -0.1) is 0 Å². The molecule has 8 nitrogen and oxygen atoms in total. The van der Waals surface area contributed by atoms with Crippen molar-refractivity contribution in [2.75, 3.05) is 19.6 Å². The Kier molecular flexibility index (Phi) is 5.52. The van der Waals surface area contributed by atoms with Crippen LogP contribution in [0.3, 0.4) is 0 Å². The highest BCUT2D eigenvalue weighted by Gasteiger charge is 2.36. The molecule has 3 aliphatic rings. The molecule has 1 unspecified atom stereocenters. The zero-order chi connectivity index (χ0) is 18.5. The number of aliphatic carboxylic acids is 2. The second-order valence-electron chi connectivity index (χ2n) is 6.25. The average Bonchev–Trinajstić information content (AvgIpc) is 3.04. The first-order valence-electron chi connectivity index (χ1n) is 8.40. The van der Waals surface area contributed by atoms with E-state index in [4.69, 9.17) is 19.4 Å². The predicted molar refractivity (Wildman–Crippen MR) is 92.0 cm³/mol. The van der Waals surface area contributed by atoms with Gasteiger partial charge in [0.1, 0.15) is 11.6 Å². The summed E-state index contributed by atoms with van der Waals surface area (Å²) in [7, 11) is 0.